The zero-order valence-corrected chi connectivity index (χ0v) is 12.8. The molecule has 0 atom stereocenters. The van der Waals surface area contributed by atoms with E-state index in [1.54, 1.807) is 6.20 Å². The first-order valence-corrected chi connectivity index (χ1v) is 7.14. The molecule has 0 fully saturated rings. The standard InChI is InChI=1S/C14H24ClN3O/c1-4-6-16-10-12-9-14(17-11-13(12)15)19-8-5-7-18(2)3/h9,11,16H,4-8,10H2,1-3H3. The summed E-state index contributed by atoms with van der Waals surface area (Å²) in [6.45, 7) is 5.56. The Kier molecular flexibility index (Phi) is 7.79. The van der Waals surface area contributed by atoms with Crippen LogP contribution in [0, 0.1) is 0 Å². The quantitative estimate of drug-likeness (QED) is 0.708. The highest BCUT2D eigenvalue weighted by molar-refractivity contribution is 6.31. The minimum absolute atomic E-state index is 0.649. The van der Waals surface area contributed by atoms with Gasteiger partial charge >= 0.3 is 0 Å². The second kappa shape index (κ2) is 9.13. The molecule has 1 rings (SSSR count). The lowest BCUT2D eigenvalue weighted by molar-refractivity contribution is 0.273. The van der Waals surface area contributed by atoms with E-state index in [4.69, 9.17) is 16.3 Å². The Bertz CT molecular complexity index is 372. The highest BCUT2D eigenvalue weighted by atomic mass is 35.5. The molecule has 0 aliphatic rings. The molecule has 0 amide bonds. The Balaban J connectivity index is 2.43. The van der Waals surface area contributed by atoms with Crippen LogP contribution in [0.5, 0.6) is 5.88 Å². The molecule has 4 nitrogen and oxygen atoms in total. The lowest BCUT2D eigenvalue weighted by atomic mass is 10.2. The lowest BCUT2D eigenvalue weighted by Gasteiger charge is -2.11. The molecular formula is C14H24ClN3O. The van der Waals surface area contributed by atoms with Crippen molar-refractivity contribution in [3.05, 3.63) is 22.8 Å². The van der Waals surface area contributed by atoms with Gasteiger partial charge in [-0.2, -0.15) is 0 Å². The van der Waals surface area contributed by atoms with Crippen LogP contribution in [0.4, 0.5) is 0 Å². The van der Waals surface area contributed by atoms with Gasteiger partial charge in [0.25, 0.3) is 0 Å². The Labute approximate surface area is 121 Å². The molecule has 1 heterocycles. The SMILES string of the molecule is CCCNCc1cc(OCCCN(C)C)ncc1Cl. The van der Waals surface area contributed by atoms with Crippen LogP contribution in [0.1, 0.15) is 25.3 Å². The second-order valence-electron chi connectivity index (χ2n) is 4.80. The fraction of sp³-hybridized carbons (Fsp3) is 0.643. The van der Waals surface area contributed by atoms with E-state index in [1.165, 1.54) is 0 Å². The molecule has 0 saturated heterocycles. The van der Waals surface area contributed by atoms with Gasteiger partial charge in [-0.1, -0.05) is 18.5 Å². The summed E-state index contributed by atoms with van der Waals surface area (Å²) >= 11 is 6.11. The van der Waals surface area contributed by atoms with Gasteiger partial charge in [-0.3, -0.25) is 0 Å². The molecule has 1 N–H and O–H groups in total. The first-order valence-electron chi connectivity index (χ1n) is 6.76. The summed E-state index contributed by atoms with van der Waals surface area (Å²) < 4.78 is 5.63. The predicted molar refractivity (Wildman–Crippen MR) is 79.9 cm³/mol. The van der Waals surface area contributed by atoms with Crippen LogP contribution >= 0.6 is 11.6 Å². The molecule has 5 heteroatoms. The van der Waals surface area contributed by atoms with Gasteiger partial charge < -0.3 is 15.0 Å². The number of hydrogen-bond acceptors (Lipinski definition) is 4. The largest absolute Gasteiger partial charge is 0.478 e. The van der Waals surface area contributed by atoms with Crippen molar-refractivity contribution in [2.75, 3.05) is 33.8 Å². The fourth-order valence-corrected chi connectivity index (χ4v) is 1.80. The molecule has 108 valence electrons. The van der Waals surface area contributed by atoms with Gasteiger partial charge in [-0.25, -0.2) is 4.98 Å². The van der Waals surface area contributed by atoms with E-state index in [2.05, 4.69) is 36.2 Å². The Hall–Kier alpha value is -0.840. The summed E-state index contributed by atoms with van der Waals surface area (Å²) in [5.41, 5.74) is 1.03. The molecular weight excluding hydrogens is 262 g/mol. The summed E-state index contributed by atoms with van der Waals surface area (Å²) in [6, 6.07) is 1.92. The zero-order chi connectivity index (χ0) is 14.1. The van der Waals surface area contributed by atoms with E-state index in [0.717, 1.165) is 38.0 Å². The molecule has 0 radical (unpaired) electrons. The molecule has 0 aromatic carbocycles. The highest BCUT2D eigenvalue weighted by Gasteiger charge is 2.04. The van der Waals surface area contributed by atoms with Crippen LogP contribution in [0.15, 0.2) is 12.3 Å². The van der Waals surface area contributed by atoms with Gasteiger partial charge in [-0.05, 0) is 39.0 Å². The van der Waals surface area contributed by atoms with Crippen molar-refractivity contribution in [2.45, 2.75) is 26.3 Å². The first-order chi connectivity index (χ1) is 9.13. The summed E-state index contributed by atoms with van der Waals surface area (Å²) in [6.07, 6.45) is 3.75. The Morgan fingerprint density at radius 3 is 2.89 bits per heavy atom. The summed E-state index contributed by atoms with van der Waals surface area (Å²) in [5.74, 6) is 0.649. The maximum Gasteiger partial charge on any atom is 0.213 e. The molecule has 1 aromatic heterocycles. The number of nitrogens with one attached hydrogen (secondary N) is 1. The van der Waals surface area contributed by atoms with Crippen LogP contribution in [0.2, 0.25) is 5.02 Å². The van der Waals surface area contributed by atoms with Crippen molar-refractivity contribution < 1.29 is 4.74 Å². The van der Waals surface area contributed by atoms with Crippen molar-refractivity contribution in [3.63, 3.8) is 0 Å². The Morgan fingerprint density at radius 1 is 1.42 bits per heavy atom. The van der Waals surface area contributed by atoms with E-state index in [-0.39, 0.29) is 0 Å². The van der Waals surface area contributed by atoms with Crippen molar-refractivity contribution in [1.82, 2.24) is 15.2 Å². The maximum atomic E-state index is 6.11. The van der Waals surface area contributed by atoms with Gasteiger partial charge in [0.05, 0.1) is 11.6 Å². The van der Waals surface area contributed by atoms with Crippen LogP contribution in [0.25, 0.3) is 0 Å². The van der Waals surface area contributed by atoms with Crippen LogP contribution in [-0.2, 0) is 6.54 Å². The lowest BCUT2D eigenvalue weighted by Crippen LogP contribution is -2.16. The number of pyridine rings is 1. The maximum absolute atomic E-state index is 6.11. The van der Waals surface area contributed by atoms with Gasteiger partial charge in [0.1, 0.15) is 0 Å². The number of halogens is 1. The van der Waals surface area contributed by atoms with E-state index in [1.807, 2.05) is 6.07 Å². The van der Waals surface area contributed by atoms with Gasteiger partial charge in [0, 0.05) is 25.4 Å². The molecule has 1 aromatic rings. The van der Waals surface area contributed by atoms with Crippen molar-refractivity contribution in [3.8, 4) is 5.88 Å². The van der Waals surface area contributed by atoms with E-state index < -0.39 is 0 Å². The van der Waals surface area contributed by atoms with Crippen LogP contribution < -0.4 is 10.1 Å². The molecule has 0 spiro atoms. The van der Waals surface area contributed by atoms with Gasteiger partial charge in [0.2, 0.25) is 5.88 Å². The van der Waals surface area contributed by atoms with Gasteiger partial charge in [-0.15, -0.1) is 0 Å². The minimum atomic E-state index is 0.649. The Morgan fingerprint density at radius 2 is 2.21 bits per heavy atom. The summed E-state index contributed by atoms with van der Waals surface area (Å²) in [5, 5.41) is 4.01. The number of hydrogen-bond donors (Lipinski definition) is 1. The molecule has 0 aliphatic heterocycles. The van der Waals surface area contributed by atoms with Gasteiger partial charge in [0.15, 0.2) is 0 Å². The predicted octanol–water partition coefficient (Wildman–Crippen LogP) is 2.57. The van der Waals surface area contributed by atoms with E-state index in [0.29, 0.717) is 17.5 Å². The number of rotatable bonds is 9. The average Bonchev–Trinajstić information content (AvgIpc) is 2.38. The first kappa shape index (κ1) is 16.2. The number of nitrogens with zero attached hydrogens (tertiary/aromatic N) is 2. The number of ether oxygens (including phenoxy) is 1. The minimum Gasteiger partial charge on any atom is -0.478 e. The highest BCUT2D eigenvalue weighted by Crippen LogP contribution is 2.19. The third-order valence-corrected chi connectivity index (χ3v) is 2.99. The topological polar surface area (TPSA) is 37.4 Å². The average molecular weight is 286 g/mol. The van der Waals surface area contributed by atoms with E-state index in [9.17, 15) is 0 Å². The summed E-state index contributed by atoms with van der Waals surface area (Å²) in [4.78, 5) is 6.33. The second-order valence-corrected chi connectivity index (χ2v) is 5.20. The molecule has 0 saturated carbocycles. The molecule has 0 aliphatic carbocycles. The van der Waals surface area contributed by atoms with Crippen molar-refractivity contribution in [2.24, 2.45) is 0 Å². The third kappa shape index (κ3) is 6.76. The number of aromatic nitrogens is 1. The van der Waals surface area contributed by atoms with Crippen molar-refractivity contribution in [1.29, 1.82) is 0 Å². The third-order valence-electron chi connectivity index (χ3n) is 2.65. The monoisotopic (exact) mass is 285 g/mol. The fourth-order valence-electron chi connectivity index (χ4n) is 1.63. The van der Waals surface area contributed by atoms with Crippen LogP contribution in [-0.4, -0.2) is 43.7 Å². The molecule has 19 heavy (non-hydrogen) atoms. The molecule has 0 unspecified atom stereocenters. The van der Waals surface area contributed by atoms with Crippen molar-refractivity contribution >= 4 is 11.6 Å². The normalized spacial score (nSPS) is 11.0. The summed E-state index contributed by atoms with van der Waals surface area (Å²) in [7, 11) is 4.11. The van der Waals surface area contributed by atoms with Crippen LogP contribution in [0.3, 0.4) is 0 Å². The smallest absolute Gasteiger partial charge is 0.213 e. The van der Waals surface area contributed by atoms with E-state index >= 15 is 0 Å². The molecule has 0 bridgehead atoms. The zero-order valence-electron chi connectivity index (χ0n) is 12.1.